The van der Waals surface area contributed by atoms with Gasteiger partial charge in [-0.25, -0.2) is 0 Å². The molecule has 0 aromatic carbocycles. The lowest BCUT2D eigenvalue weighted by Crippen LogP contribution is -2.67. The molecule has 6 heteroatoms. The minimum absolute atomic E-state index is 0.252. The van der Waals surface area contributed by atoms with Crippen molar-refractivity contribution in [1.29, 1.82) is 0 Å². The van der Waals surface area contributed by atoms with Gasteiger partial charge < -0.3 is 20.3 Å². The zero-order valence-corrected chi connectivity index (χ0v) is 13.6. The van der Waals surface area contributed by atoms with E-state index in [0.717, 1.165) is 19.3 Å². The van der Waals surface area contributed by atoms with Crippen molar-refractivity contribution in [3.8, 4) is 0 Å². The molecule has 3 N–H and O–H groups in total. The van der Waals surface area contributed by atoms with Crippen molar-refractivity contribution in [2.75, 3.05) is 5.88 Å². The van der Waals surface area contributed by atoms with E-state index in [1.54, 1.807) is 0 Å². The molecule has 124 valence electrons. The topological polar surface area (TPSA) is 86.6 Å². The number of nitrogens with one attached hydrogen (secondary N) is 1. The highest BCUT2D eigenvalue weighted by atomic mass is 35.5. The lowest BCUT2D eigenvalue weighted by Gasteiger charge is -2.42. The fourth-order valence-electron chi connectivity index (χ4n) is 3.69. The quantitative estimate of drug-likeness (QED) is 0.388. The Morgan fingerprint density at radius 1 is 1.59 bits per heavy atom. The van der Waals surface area contributed by atoms with Gasteiger partial charge in [0.15, 0.2) is 11.8 Å². The molecule has 0 aromatic rings. The van der Waals surface area contributed by atoms with E-state index in [9.17, 15) is 19.8 Å². The Balaban J connectivity index is 2.31. The maximum absolute atomic E-state index is 12.3. The first kappa shape index (κ1) is 17.4. The maximum Gasteiger partial charge on any atom is 0.227 e. The Morgan fingerprint density at radius 3 is 2.86 bits per heavy atom. The van der Waals surface area contributed by atoms with Gasteiger partial charge in [-0.15, -0.1) is 11.6 Å². The summed E-state index contributed by atoms with van der Waals surface area (Å²) in [7, 11) is 0. The number of amides is 1. The van der Waals surface area contributed by atoms with Crippen LogP contribution in [0.3, 0.4) is 0 Å². The van der Waals surface area contributed by atoms with Crippen LogP contribution < -0.4 is 5.32 Å². The maximum atomic E-state index is 12.3. The third-order valence-corrected chi connectivity index (χ3v) is 5.41. The van der Waals surface area contributed by atoms with E-state index in [0.29, 0.717) is 25.0 Å². The molecule has 2 rings (SSSR count). The summed E-state index contributed by atoms with van der Waals surface area (Å²) in [6.07, 6.45) is 6.71. The smallest absolute Gasteiger partial charge is 0.227 e. The van der Waals surface area contributed by atoms with Crippen molar-refractivity contribution in [2.24, 2.45) is 11.8 Å². The molecule has 2 aliphatic rings. The number of alkyl halides is 1. The van der Waals surface area contributed by atoms with Crippen LogP contribution >= 0.6 is 11.6 Å². The van der Waals surface area contributed by atoms with Crippen LogP contribution in [0.25, 0.3) is 0 Å². The van der Waals surface area contributed by atoms with Crippen LogP contribution in [0.2, 0.25) is 0 Å². The molecular weight excluding hydrogens is 306 g/mol. The first-order valence-corrected chi connectivity index (χ1v) is 8.35. The predicted molar refractivity (Wildman–Crippen MR) is 83.5 cm³/mol. The molecule has 1 saturated heterocycles. The lowest BCUT2D eigenvalue weighted by molar-refractivity contribution is -0.139. The van der Waals surface area contributed by atoms with Gasteiger partial charge in [0.1, 0.15) is 5.60 Å². The van der Waals surface area contributed by atoms with E-state index >= 15 is 0 Å². The molecule has 0 radical (unpaired) electrons. The van der Waals surface area contributed by atoms with Gasteiger partial charge in [0.05, 0.1) is 12.0 Å². The van der Waals surface area contributed by atoms with E-state index in [4.69, 9.17) is 11.6 Å². The average Bonchev–Trinajstić information content (AvgIpc) is 2.72. The van der Waals surface area contributed by atoms with Crippen molar-refractivity contribution in [3.05, 3.63) is 12.2 Å². The van der Waals surface area contributed by atoms with Gasteiger partial charge in [-0.1, -0.05) is 12.2 Å². The zero-order valence-electron chi connectivity index (χ0n) is 12.8. The van der Waals surface area contributed by atoms with Crippen molar-refractivity contribution >= 4 is 23.8 Å². The summed E-state index contributed by atoms with van der Waals surface area (Å²) < 4.78 is 0. The Bertz CT molecular complexity index is 465. The third kappa shape index (κ3) is 2.70. The molecule has 1 aliphatic heterocycles. The van der Waals surface area contributed by atoms with Gasteiger partial charge in [-0.2, -0.15) is 0 Å². The van der Waals surface area contributed by atoms with Gasteiger partial charge in [0, 0.05) is 11.8 Å². The number of rotatable bonds is 6. The molecule has 1 heterocycles. The second-order valence-corrected chi connectivity index (χ2v) is 6.85. The van der Waals surface area contributed by atoms with E-state index in [1.165, 1.54) is 6.92 Å². The Hall–Kier alpha value is -0.910. The Kier molecular flexibility index (Phi) is 5.30. The summed E-state index contributed by atoms with van der Waals surface area (Å²) in [6.45, 7) is 1.45. The van der Waals surface area contributed by atoms with Crippen molar-refractivity contribution in [2.45, 2.75) is 56.3 Å². The average molecular weight is 330 g/mol. The zero-order chi connectivity index (χ0) is 16.4. The highest BCUT2D eigenvalue weighted by molar-refractivity contribution is 6.17. The first-order valence-electron chi connectivity index (χ1n) is 7.82. The number of aliphatic hydroxyl groups excluding tert-OH is 1. The van der Waals surface area contributed by atoms with Crippen molar-refractivity contribution < 1.29 is 19.8 Å². The first-order chi connectivity index (χ1) is 10.4. The Morgan fingerprint density at radius 2 is 2.32 bits per heavy atom. The van der Waals surface area contributed by atoms with Crippen LogP contribution in [0.4, 0.5) is 0 Å². The van der Waals surface area contributed by atoms with Crippen LogP contribution in [0.1, 0.15) is 39.0 Å². The van der Waals surface area contributed by atoms with Crippen LogP contribution in [-0.2, 0) is 9.59 Å². The molecule has 0 saturated carbocycles. The monoisotopic (exact) mass is 329 g/mol. The molecule has 1 fully saturated rings. The second kappa shape index (κ2) is 6.69. The summed E-state index contributed by atoms with van der Waals surface area (Å²) in [5.41, 5.74) is -3.32. The fraction of sp³-hybridized carbons (Fsp3) is 0.750. The second-order valence-electron chi connectivity index (χ2n) is 6.48. The summed E-state index contributed by atoms with van der Waals surface area (Å²) in [5, 5.41) is 24.2. The van der Waals surface area contributed by atoms with E-state index in [2.05, 4.69) is 5.32 Å². The predicted octanol–water partition coefficient (Wildman–Crippen LogP) is 1.16. The fourth-order valence-corrected chi connectivity index (χ4v) is 3.84. The minimum Gasteiger partial charge on any atom is -0.389 e. The highest BCUT2D eigenvalue weighted by Gasteiger charge is 2.65. The van der Waals surface area contributed by atoms with E-state index < -0.39 is 29.1 Å². The molecule has 0 bridgehead atoms. The molecule has 5 nitrogen and oxygen atoms in total. The Labute approximate surface area is 135 Å². The van der Waals surface area contributed by atoms with Crippen LogP contribution in [-0.4, -0.2) is 45.5 Å². The highest BCUT2D eigenvalue weighted by Crippen LogP contribution is 2.42. The largest absolute Gasteiger partial charge is 0.389 e. The summed E-state index contributed by atoms with van der Waals surface area (Å²) >= 11 is 5.67. The molecular formula is C16H24ClNO4. The van der Waals surface area contributed by atoms with Gasteiger partial charge in [0.25, 0.3) is 0 Å². The third-order valence-electron chi connectivity index (χ3n) is 5.14. The number of carbonyl (C=O) groups excluding carboxylic acids is 2. The minimum atomic E-state index is -1.67. The van der Waals surface area contributed by atoms with Crippen LogP contribution in [0.15, 0.2) is 12.2 Å². The number of hydrogen-bond acceptors (Lipinski definition) is 4. The molecule has 0 spiro atoms. The molecule has 0 unspecified atom stereocenters. The summed E-state index contributed by atoms with van der Waals surface area (Å²) in [5.74, 6) is -1.03. The van der Waals surface area contributed by atoms with Crippen LogP contribution in [0.5, 0.6) is 0 Å². The number of allylic oxidation sites excluding steroid dienone is 1. The van der Waals surface area contributed by atoms with Crippen molar-refractivity contribution in [3.63, 3.8) is 0 Å². The number of halogens is 1. The van der Waals surface area contributed by atoms with Gasteiger partial charge in [-0.3, -0.25) is 4.79 Å². The van der Waals surface area contributed by atoms with Gasteiger partial charge in [0.2, 0.25) is 5.91 Å². The molecule has 1 amide bonds. The summed E-state index contributed by atoms with van der Waals surface area (Å²) in [4.78, 5) is 24.1. The van der Waals surface area contributed by atoms with E-state index in [1.807, 2.05) is 12.2 Å². The SMILES string of the molecule is C[C@]1(O)[C@@H](CCCCl)C(=O)N[C@]1(C=O)[C@@H](O)[C@@H]1C=CCCC1. The van der Waals surface area contributed by atoms with Gasteiger partial charge in [-0.05, 0) is 39.0 Å². The number of hydrogen-bond donors (Lipinski definition) is 3. The number of aldehydes is 1. The van der Waals surface area contributed by atoms with Crippen molar-refractivity contribution in [1.82, 2.24) is 5.32 Å². The van der Waals surface area contributed by atoms with Crippen LogP contribution in [0, 0.1) is 11.8 Å². The molecule has 5 atom stereocenters. The van der Waals surface area contributed by atoms with E-state index in [-0.39, 0.29) is 5.92 Å². The normalized spacial score (nSPS) is 39.5. The summed E-state index contributed by atoms with van der Waals surface area (Å²) in [6, 6.07) is 0. The van der Waals surface area contributed by atoms with Gasteiger partial charge >= 0.3 is 0 Å². The molecule has 0 aromatic heterocycles. The molecule has 1 aliphatic carbocycles. The lowest BCUT2D eigenvalue weighted by atomic mass is 9.69. The number of carbonyl (C=O) groups is 2. The standard InChI is InChI=1S/C16H24ClNO4/c1-15(22)12(8-5-9-17)14(21)18-16(15,10-19)13(20)11-6-3-2-4-7-11/h3,6,10-13,20,22H,2,4-5,7-9H2,1H3,(H,18,21)/t11-,12+,13+,15+,16-/m1/s1. The molecule has 22 heavy (non-hydrogen) atoms. The number of aliphatic hydroxyl groups is 2.